The van der Waals surface area contributed by atoms with E-state index in [4.69, 9.17) is 0 Å². The molecule has 2 rings (SSSR count). The topological polar surface area (TPSA) is 0 Å². The summed E-state index contributed by atoms with van der Waals surface area (Å²) in [6.07, 6.45) is -2.93. The highest BCUT2D eigenvalue weighted by molar-refractivity contribution is 5.75. The molecule has 0 unspecified atom stereocenters. The number of rotatable bonds is 2. The molecule has 0 spiro atoms. The maximum atomic E-state index is 12.2. The molecule has 0 heterocycles. The molecular weight excluding hydrogens is 237 g/mol. The van der Waals surface area contributed by atoms with Crippen LogP contribution in [0.1, 0.15) is 5.56 Å². The Morgan fingerprint density at radius 2 is 1.39 bits per heavy atom. The van der Waals surface area contributed by atoms with Crippen LogP contribution in [0.25, 0.3) is 17.2 Å². The van der Waals surface area contributed by atoms with Crippen LogP contribution in [-0.2, 0) is 0 Å². The standard InChI is InChI=1S/C15H11F3/c16-15(17,18)11-10-13-8-4-5-9-14(13)12-6-2-1-3-7-12/h1-11H. The van der Waals surface area contributed by atoms with Crippen molar-refractivity contribution in [2.45, 2.75) is 6.18 Å². The van der Waals surface area contributed by atoms with Crippen LogP contribution in [-0.4, -0.2) is 6.18 Å². The number of hydrogen-bond donors (Lipinski definition) is 0. The minimum Gasteiger partial charge on any atom is -0.167 e. The minimum atomic E-state index is -4.29. The SMILES string of the molecule is FC(F)(F)C=Cc1ccccc1-c1ccccc1. The van der Waals surface area contributed by atoms with Gasteiger partial charge in [0.05, 0.1) is 0 Å². The van der Waals surface area contributed by atoms with E-state index in [0.29, 0.717) is 5.56 Å². The van der Waals surface area contributed by atoms with Gasteiger partial charge in [-0.1, -0.05) is 54.6 Å². The van der Waals surface area contributed by atoms with Crippen molar-refractivity contribution >= 4 is 6.08 Å². The zero-order chi connectivity index (χ0) is 13.0. The molecule has 0 atom stereocenters. The van der Waals surface area contributed by atoms with Crippen molar-refractivity contribution in [3.05, 3.63) is 66.2 Å². The van der Waals surface area contributed by atoms with Crippen molar-refractivity contribution in [3.63, 3.8) is 0 Å². The molecule has 0 aliphatic carbocycles. The third-order valence-electron chi connectivity index (χ3n) is 2.50. The Kier molecular flexibility index (Phi) is 3.51. The van der Waals surface area contributed by atoms with Crippen LogP contribution < -0.4 is 0 Å². The molecule has 0 saturated carbocycles. The number of benzene rings is 2. The zero-order valence-electron chi connectivity index (χ0n) is 9.48. The molecule has 2 aromatic carbocycles. The second-order valence-corrected chi connectivity index (χ2v) is 3.83. The summed E-state index contributed by atoms with van der Waals surface area (Å²) >= 11 is 0. The smallest absolute Gasteiger partial charge is 0.167 e. The van der Waals surface area contributed by atoms with Gasteiger partial charge in [0.2, 0.25) is 0 Å². The van der Waals surface area contributed by atoms with Gasteiger partial charge in [-0.25, -0.2) is 0 Å². The zero-order valence-corrected chi connectivity index (χ0v) is 9.48. The molecule has 0 aliphatic rings. The first kappa shape index (κ1) is 12.4. The maximum Gasteiger partial charge on any atom is 0.409 e. The first-order chi connectivity index (χ1) is 8.56. The quantitative estimate of drug-likeness (QED) is 0.707. The third kappa shape index (κ3) is 3.23. The van der Waals surface area contributed by atoms with Gasteiger partial charge in [0.1, 0.15) is 0 Å². The van der Waals surface area contributed by atoms with Crippen LogP contribution in [0.15, 0.2) is 60.7 Å². The van der Waals surface area contributed by atoms with E-state index in [1.54, 1.807) is 12.1 Å². The van der Waals surface area contributed by atoms with Crippen molar-refractivity contribution in [2.75, 3.05) is 0 Å². The van der Waals surface area contributed by atoms with Crippen molar-refractivity contribution in [1.29, 1.82) is 0 Å². The van der Waals surface area contributed by atoms with Crippen LogP contribution in [0.4, 0.5) is 13.2 Å². The van der Waals surface area contributed by atoms with E-state index in [1.807, 2.05) is 42.5 Å². The predicted octanol–water partition coefficient (Wildman–Crippen LogP) is 4.93. The highest BCUT2D eigenvalue weighted by Crippen LogP contribution is 2.26. The van der Waals surface area contributed by atoms with E-state index in [9.17, 15) is 13.2 Å². The van der Waals surface area contributed by atoms with E-state index in [0.717, 1.165) is 17.2 Å². The molecule has 0 aromatic heterocycles. The van der Waals surface area contributed by atoms with Gasteiger partial charge in [0.25, 0.3) is 0 Å². The Labute approximate surface area is 103 Å². The summed E-state index contributed by atoms with van der Waals surface area (Å²) in [5.74, 6) is 0. The van der Waals surface area contributed by atoms with Crippen LogP contribution in [0.2, 0.25) is 0 Å². The highest BCUT2D eigenvalue weighted by atomic mass is 19.4. The summed E-state index contributed by atoms with van der Waals surface area (Å²) in [6.45, 7) is 0. The monoisotopic (exact) mass is 248 g/mol. The number of hydrogen-bond acceptors (Lipinski definition) is 0. The molecule has 18 heavy (non-hydrogen) atoms. The first-order valence-corrected chi connectivity index (χ1v) is 5.47. The predicted molar refractivity (Wildman–Crippen MR) is 67.0 cm³/mol. The molecule has 0 bridgehead atoms. The molecule has 92 valence electrons. The number of alkyl halides is 3. The second-order valence-electron chi connectivity index (χ2n) is 3.83. The lowest BCUT2D eigenvalue weighted by Crippen LogP contribution is -2.00. The molecular formula is C15H11F3. The fraction of sp³-hybridized carbons (Fsp3) is 0.0667. The molecule has 0 saturated heterocycles. The third-order valence-corrected chi connectivity index (χ3v) is 2.50. The van der Waals surface area contributed by atoms with Gasteiger partial charge in [-0.2, -0.15) is 13.2 Å². The lowest BCUT2D eigenvalue weighted by atomic mass is 9.99. The lowest BCUT2D eigenvalue weighted by molar-refractivity contribution is -0.0790. The van der Waals surface area contributed by atoms with Gasteiger partial charge in [-0.15, -0.1) is 0 Å². The fourth-order valence-corrected chi connectivity index (χ4v) is 1.71. The Hall–Kier alpha value is -2.03. The molecule has 2 aromatic rings. The summed E-state index contributed by atoms with van der Waals surface area (Å²) in [7, 11) is 0. The van der Waals surface area contributed by atoms with Gasteiger partial charge in [0.15, 0.2) is 0 Å². The van der Waals surface area contributed by atoms with Gasteiger partial charge in [-0.05, 0) is 22.8 Å². The molecule has 0 amide bonds. The summed E-state index contributed by atoms with van der Waals surface area (Å²) in [5, 5.41) is 0. The summed E-state index contributed by atoms with van der Waals surface area (Å²) in [6, 6.07) is 16.4. The average Bonchev–Trinajstić information content (AvgIpc) is 2.37. The van der Waals surface area contributed by atoms with Crippen LogP contribution >= 0.6 is 0 Å². The van der Waals surface area contributed by atoms with E-state index in [-0.39, 0.29) is 6.08 Å². The van der Waals surface area contributed by atoms with Crippen LogP contribution in [0, 0.1) is 0 Å². The van der Waals surface area contributed by atoms with Crippen LogP contribution in [0.5, 0.6) is 0 Å². The Morgan fingerprint density at radius 1 is 0.778 bits per heavy atom. The molecule has 0 fully saturated rings. The van der Waals surface area contributed by atoms with E-state index in [1.165, 1.54) is 0 Å². The molecule has 0 nitrogen and oxygen atoms in total. The Balaban J connectivity index is 2.41. The van der Waals surface area contributed by atoms with E-state index < -0.39 is 6.18 Å². The summed E-state index contributed by atoms with van der Waals surface area (Å²) in [5.41, 5.74) is 2.25. The average molecular weight is 248 g/mol. The molecule has 0 aliphatic heterocycles. The van der Waals surface area contributed by atoms with Gasteiger partial charge >= 0.3 is 6.18 Å². The minimum absolute atomic E-state index is 0.259. The lowest BCUT2D eigenvalue weighted by Gasteiger charge is -2.06. The van der Waals surface area contributed by atoms with Gasteiger partial charge in [-0.3, -0.25) is 0 Å². The van der Waals surface area contributed by atoms with Gasteiger partial charge < -0.3 is 0 Å². The maximum absolute atomic E-state index is 12.2. The van der Waals surface area contributed by atoms with Crippen molar-refractivity contribution in [2.24, 2.45) is 0 Å². The van der Waals surface area contributed by atoms with Crippen molar-refractivity contribution in [1.82, 2.24) is 0 Å². The van der Waals surface area contributed by atoms with Crippen molar-refractivity contribution in [3.8, 4) is 11.1 Å². The molecule has 0 N–H and O–H groups in total. The number of allylic oxidation sites excluding steroid dienone is 1. The largest absolute Gasteiger partial charge is 0.409 e. The number of halogens is 3. The Morgan fingerprint density at radius 3 is 2.06 bits per heavy atom. The summed E-state index contributed by atoms with van der Waals surface area (Å²) in [4.78, 5) is 0. The Bertz CT molecular complexity index is 539. The van der Waals surface area contributed by atoms with E-state index in [2.05, 4.69) is 0 Å². The normalized spacial score (nSPS) is 11.9. The summed E-state index contributed by atoms with van der Waals surface area (Å²) < 4.78 is 36.6. The molecule has 3 heteroatoms. The molecule has 0 radical (unpaired) electrons. The first-order valence-electron chi connectivity index (χ1n) is 5.47. The van der Waals surface area contributed by atoms with Crippen molar-refractivity contribution < 1.29 is 13.2 Å². The van der Waals surface area contributed by atoms with Crippen LogP contribution in [0.3, 0.4) is 0 Å². The highest BCUT2D eigenvalue weighted by Gasteiger charge is 2.21. The van der Waals surface area contributed by atoms with E-state index >= 15 is 0 Å². The van der Waals surface area contributed by atoms with Gasteiger partial charge in [0, 0.05) is 6.08 Å². The fourth-order valence-electron chi connectivity index (χ4n) is 1.71. The second kappa shape index (κ2) is 5.08.